The first-order valence-electron chi connectivity index (χ1n) is 33.6. The number of methoxy groups -OCH3 is 2. The molecule has 4 bridgehead atoms. The van der Waals surface area contributed by atoms with Crippen molar-refractivity contribution in [3.05, 3.63) is 29.8 Å². The SMILES string of the molecule is CCC(C)C(=O)OC.CCC(C)C(=O)OC.CCC(C)C(=O)OC1CCC(C(S(=O)(=O)C(F)(F)F)S(=O)(=O)C(F)(F)F)CC1.CCC(C)C(=O)Oc1ccc(C(S(=O)(=O)C(F)(F)F)S(=O)(=O)C(F)(F)F)cc1.CS(=O)(=O)C(CC1CC2CCC1C2)S(C)(=O)=O.O=S(=O)(C(C1CC2CCC1C2)S(=O)(=O)C(F)(F)F)C(F)(F)F. The smallest absolute Gasteiger partial charge is 0.469 e. The summed E-state index contributed by atoms with van der Waals surface area (Å²) in [7, 11) is -44.1. The lowest BCUT2D eigenvalue weighted by molar-refractivity contribution is -0.155. The molecule has 5 aliphatic rings. The molecule has 1 aromatic rings. The lowest BCUT2D eigenvalue weighted by atomic mass is 9.87. The van der Waals surface area contributed by atoms with Crippen molar-refractivity contribution >= 4 is 103 Å². The summed E-state index contributed by atoms with van der Waals surface area (Å²) in [5.74, 6) is -5.83. The summed E-state index contributed by atoms with van der Waals surface area (Å²) in [5.41, 5.74) is -38.3. The maximum Gasteiger partial charge on any atom is 0.499 e. The fraction of sp³-hybridized carbons (Fsp3) is 0.836. The molecule has 652 valence electrons. The van der Waals surface area contributed by atoms with Gasteiger partial charge in [0.1, 0.15) is 11.9 Å². The van der Waals surface area contributed by atoms with Gasteiger partial charge in [-0.1, -0.05) is 80.4 Å². The van der Waals surface area contributed by atoms with Crippen LogP contribution in [0.3, 0.4) is 0 Å². The second-order valence-electron chi connectivity index (χ2n) is 27.4. The molecule has 50 heteroatoms. The van der Waals surface area contributed by atoms with Crippen LogP contribution in [0.5, 0.6) is 5.75 Å². The minimum absolute atomic E-state index is 0.0556. The lowest BCUT2D eigenvalue weighted by Gasteiger charge is -2.33. The highest BCUT2D eigenvalue weighted by Crippen LogP contribution is 2.55. The second kappa shape index (κ2) is 39.6. The highest BCUT2D eigenvalue weighted by Gasteiger charge is 2.69. The molecule has 1 aromatic carbocycles. The first-order valence-corrected chi connectivity index (χ1v) is 46.8. The molecule has 0 amide bonds. The quantitative estimate of drug-likeness (QED) is 0.0425. The van der Waals surface area contributed by atoms with Gasteiger partial charge in [0.25, 0.3) is 59.0 Å². The van der Waals surface area contributed by atoms with Gasteiger partial charge in [0.05, 0.1) is 37.9 Å². The zero-order valence-electron chi connectivity index (χ0n) is 61.4. The van der Waals surface area contributed by atoms with Crippen molar-refractivity contribution in [3.63, 3.8) is 0 Å². The van der Waals surface area contributed by atoms with Gasteiger partial charge in [-0.3, -0.25) is 19.2 Å². The van der Waals surface area contributed by atoms with E-state index in [-0.39, 0.29) is 67.5 Å². The van der Waals surface area contributed by atoms with E-state index in [0.717, 1.165) is 38.2 Å². The summed E-state index contributed by atoms with van der Waals surface area (Å²) in [6.45, 7) is 14.1. The van der Waals surface area contributed by atoms with Crippen molar-refractivity contribution in [3.8, 4) is 5.75 Å². The van der Waals surface area contributed by atoms with Crippen LogP contribution in [0.2, 0.25) is 0 Å². The molecule has 5 saturated carbocycles. The third-order valence-electron chi connectivity index (χ3n) is 19.4. The van der Waals surface area contributed by atoms with E-state index in [0.29, 0.717) is 67.7 Å². The molecule has 10 unspecified atom stereocenters. The standard InChI is InChI=1S/C14H20F6O6S2.C14H14F6O6S2.C11H20O4S2.C10H12F6O4S2.2C6H12O2/c2*1-3-8(2)11(21)26-10-6-4-9(5-7-10)12(27(22,23)13(15,16)17)28(24,25)14(18,19)20;1-16(12,13)11(17(2,14)15)7-10-6-8-3-4-9(10)5-8;11-9(12,13)21(17,18)8(22(19,20)10(14,15)16)7-4-5-1-2-6(7)3-5;2*1-4-5(2)6(7)8-3/h8-10,12H,3-7H2,1-2H3;4-8,12H,3H2,1-2H3;8-11H,3-7H2,1-2H3;5-8H,1-4H2;2*5H,4H2,1-3H3. The van der Waals surface area contributed by atoms with Gasteiger partial charge in [-0.15, -0.1) is 0 Å². The van der Waals surface area contributed by atoms with Crippen LogP contribution >= 0.6 is 0 Å². The fourth-order valence-electron chi connectivity index (χ4n) is 12.5. The maximum absolute atomic E-state index is 12.8. The summed E-state index contributed by atoms with van der Waals surface area (Å²) < 4.78 is 421. The number of fused-ring (bicyclic) bond motifs is 4. The molecule has 0 radical (unpaired) electrons. The molecule has 0 spiro atoms. The van der Waals surface area contributed by atoms with Gasteiger partial charge in [-0.05, 0) is 155 Å². The largest absolute Gasteiger partial charge is 0.499 e. The van der Waals surface area contributed by atoms with E-state index in [1.165, 1.54) is 34.0 Å². The Hall–Kier alpha value is -4.56. The Balaban J connectivity index is 0.000000700. The molecule has 111 heavy (non-hydrogen) atoms. The minimum Gasteiger partial charge on any atom is -0.469 e. The van der Waals surface area contributed by atoms with Gasteiger partial charge in [0.15, 0.2) is 33.4 Å². The van der Waals surface area contributed by atoms with Crippen LogP contribution in [0.1, 0.15) is 175 Å². The Bertz CT molecular complexity index is 4050. The molecule has 0 aliphatic heterocycles. The molecule has 24 nitrogen and oxygen atoms in total. The highest BCUT2D eigenvalue weighted by atomic mass is 32.3. The number of halogens is 18. The van der Waals surface area contributed by atoms with Gasteiger partial charge < -0.3 is 18.9 Å². The number of esters is 4. The number of carbonyl (C=O) groups excluding carboxylic acids is 4. The molecule has 6 rings (SSSR count). The number of rotatable bonds is 23. The van der Waals surface area contributed by atoms with Crippen molar-refractivity contribution < 1.29 is 184 Å². The minimum atomic E-state index is -6.80. The molecule has 0 saturated heterocycles. The molecule has 5 fully saturated rings. The molecular weight excluding hydrogens is 1720 g/mol. The summed E-state index contributed by atoms with van der Waals surface area (Å²) in [5, 5.41) is 0. The van der Waals surface area contributed by atoms with Gasteiger partial charge in [-0.25, -0.2) is 67.3 Å². The zero-order valence-corrected chi connectivity index (χ0v) is 68.0. The van der Waals surface area contributed by atoms with E-state index >= 15 is 0 Å². The van der Waals surface area contributed by atoms with Crippen LogP contribution < -0.4 is 4.74 Å². The van der Waals surface area contributed by atoms with E-state index in [2.05, 4.69) is 9.47 Å². The zero-order chi connectivity index (χ0) is 87.4. The number of ether oxygens (including phenoxy) is 4. The van der Waals surface area contributed by atoms with E-state index in [1.807, 2.05) is 27.7 Å². The van der Waals surface area contributed by atoms with Crippen LogP contribution in [-0.2, 0) is 112 Å². The molecule has 0 heterocycles. The number of hydrogen-bond donors (Lipinski definition) is 0. The van der Waals surface area contributed by atoms with E-state index in [9.17, 15) is 166 Å². The van der Waals surface area contributed by atoms with Crippen LogP contribution in [-0.4, -0.2) is 171 Å². The van der Waals surface area contributed by atoms with Gasteiger partial charge >= 0.3 is 56.9 Å². The van der Waals surface area contributed by atoms with Gasteiger partial charge in [-0.2, -0.15) is 79.0 Å². The summed E-state index contributed by atoms with van der Waals surface area (Å²) >= 11 is 0. The first-order chi connectivity index (χ1) is 49.7. The lowest BCUT2D eigenvalue weighted by Crippen LogP contribution is -2.50. The Morgan fingerprint density at radius 1 is 0.396 bits per heavy atom. The van der Waals surface area contributed by atoms with Crippen molar-refractivity contribution in [1.29, 1.82) is 0 Å². The highest BCUT2D eigenvalue weighted by molar-refractivity contribution is 8.11. The van der Waals surface area contributed by atoms with Crippen LogP contribution in [0.4, 0.5) is 79.0 Å². The first kappa shape index (κ1) is 104. The van der Waals surface area contributed by atoms with Crippen molar-refractivity contribution in [1.82, 2.24) is 0 Å². The maximum atomic E-state index is 12.8. The number of alkyl halides is 18. The van der Waals surface area contributed by atoms with Crippen molar-refractivity contribution in [2.75, 3.05) is 26.7 Å². The Labute approximate surface area is 633 Å². The Kier molecular flexibility index (Phi) is 37.3. The van der Waals surface area contributed by atoms with Gasteiger partial charge in [0, 0.05) is 12.5 Å². The van der Waals surface area contributed by atoms with E-state index in [4.69, 9.17) is 9.47 Å². The summed E-state index contributed by atoms with van der Waals surface area (Å²) in [6.07, 6.45) is 7.81. The Morgan fingerprint density at radius 2 is 0.712 bits per heavy atom. The fourth-order valence-corrected chi connectivity index (χ4v) is 28.0. The molecule has 0 N–H and O–H groups in total. The molecule has 10 atom stereocenters. The number of sulfone groups is 8. The van der Waals surface area contributed by atoms with Crippen molar-refractivity contribution in [2.45, 2.75) is 222 Å². The predicted molar refractivity (Wildman–Crippen MR) is 362 cm³/mol. The predicted octanol–water partition coefficient (Wildman–Crippen LogP) is 13.1. The average molecular weight is 1810 g/mol. The van der Waals surface area contributed by atoms with Crippen LogP contribution in [0, 0.1) is 65.1 Å². The molecular formula is C61H90F18O24S8. The topological polar surface area (TPSA) is 378 Å². The molecule has 5 aliphatic carbocycles. The van der Waals surface area contributed by atoms with Crippen molar-refractivity contribution in [2.24, 2.45) is 65.1 Å². The summed E-state index contributed by atoms with van der Waals surface area (Å²) in [6, 6.07) is 2.19. The van der Waals surface area contributed by atoms with E-state index < -0.39 is 196 Å². The third-order valence-corrected chi connectivity index (χ3v) is 37.8. The summed E-state index contributed by atoms with van der Waals surface area (Å²) in [4.78, 5) is 44.4. The number of hydrogen-bond acceptors (Lipinski definition) is 24. The normalized spacial score (nSPS) is 22.6. The molecule has 0 aromatic heterocycles. The number of carbonyl (C=O) groups is 4. The van der Waals surface area contributed by atoms with Gasteiger partial charge in [0.2, 0.25) is 4.58 Å². The van der Waals surface area contributed by atoms with Crippen LogP contribution in [0.25, 0.3) is 0 Å². The van der Waals surface area contributed by atoms with Crippen LogP contribution in [0.15, 0.2) is 24.3 Å². The average Bonchev–Trinajstić information content (AvgIpc) is 1.35. The third kappa shape index (κ3) is 27.3. The second-order valence-corrected chi connectivity index (χ2v) is 45.3. The number of benzene rings is 1. The van der Waals surface area contributed by atoms with E-state index in [1.54, 1.807) is 20.8 Å². The Morgan fingerprint density at radius 3 is 0.982 bits per heavy atom. The monoisotopic (exact) mass is 1800 g/mol.